The van der Waals surface area contributed by atoms with Gasteiger partial charge in [0.1, 0.15) is 6.04 Å². The molecule has 5 heteroatoms. The first-order valence-electron chi connectivity index (χ1n) is 11.8. The van der Waals surface area contributed by atoms with Crippen molar-refractivity contribution in [1.82, 2.24) is 9.80 Å². The van der Waals surface area contributed by atoms with E-state index in [-0.39, 0.29) is 30.6 Å². The number of aryl methyl sites for hydroxylation is 2. The molecule has 0 bridgehead atoms. The minimum atomic E-state index is -0.735. The molecule has 0 N–H and O–H groups in total. The van der Waals surface area contributed by atoms with Crippen molar-refractivity contribution in [2.45, 2.75) is 39.3 Å². The number of amides is 2. The number of likely N-dealkylation sites (tertiary alicyclic amines) is 1. The molecule has 34 heavy (non-hydrogen) atoms. The molecule has 5 rings (SSSR count). The van der Waals surface area contributed by atoms with Crippen molar-refractivity contribution < 1.29 is 14.4 Å². The molecule has 3 aromatic rings. The first-order valence-corrected chi connectivity index (χ1v) is 11.8. The van der Waals surface area contributed by atoms with Crippen LogP contribution in [0.15, 0.2) is 66.7 Å². The van der Waals surface area contributed by atoms with Crippen molar-refractivity contribution in [3.63, 3.8) is 0 Å². The van der Waals surface area contributed by atoms with Crippen LogP contribution in [-0.2, 0) is 22.6 Å². The van der Waals surface area contributed by atoms with Gasteiger partial charge in [-0.15, -0.1) is 0 Å². The fraction of sp³-hybridized carbons (Fsp3) is 0.276. The first kappa shape index (κ1) is 22.1. The number of fused-ring (bicyclic) bond motifs is 1. The van der Waals surface area contributed by atoms with E-state index in [0.717, 1.165) is 28.7 Å². The fourth-order valence-corrected chi connectivity index (χ4v) is 5.14. The lowest BCUT2D eigenvalue weighted by molar-refractivity contribution is -0.136. The third-order valence-electron chi connectivity index (χ3n) is 7.05. The Hall–Kier alpha value is -3.73. The van der Waals surface area contributed by atoms with E-state index >= 15 is 0 Å². The molecule has 0 spiro atoms. The van der Waals surface area contributed by atoms with Gasteiger partial charge in [0.25, 0.3) is 5.91 Å². The van der Waals surface area contributed by atoms with E-state index in [1.165, 1.54) is 16.0 Å². The highest BCUT2D eigenvalue weighted by molar-refractivity contribution is 6.05. The maximum Gasteiger partial charge on any atom is 0.255 e. The molecular formula is C29H28N2O3. The Morgan fingerprint density at radius 3 is 2.35 bits per heavy atom. The number of rotatable bonds is 3. The van der Waals surface area contributed by atoms with Crippen molar-refractivity contribution in [3.05, 3.63) is 94.5 Å². The molecule has 2 amide bonds. The molecule has 172 valence electrons. The summed E-state index contributed by atoms with van der Waals surface area (Å²) in [5.74, 6) is -0.461. The lowest BCUT2D eigenvalue weighted by atomic mass is 9.96. The van der Waals surface area contributed by atoms with E-state index in [1.54, 1.807) is 4.90 Å². The summed E-state index contributed by atoms with van der Waals surface area (Å²) in [6.07, 6.45) is 0.874. The van der Waals surface area contributed by atoms with Gasteiger partial charge >= 0.3 is 0 Å². The van der Waals surface area contributed by atoms with Crippen LogP contribution in [0, 0.1) is 13.8 Å². The van der Waals surface area contributed by atoms with Crippen LogP contribution in [0.1, 0.15) is 39.0 Å². The minimum Gasteiger partial charge on any atom is -0.336 e. The van der Waals surface area contributed by atoms with Crippen LogP contribution in [0.4, 0.5) is 0 Å². The van der Waals surface area contributed by atoms with Crippen molar-refractivity contribution in [1.29, 1.82) is 0 Å². The van der Waals surface area contributed by atoms with Gasteiger partial charge < -0.3 is 9.80 Å². The summed E-state index contributed by atoms with van der Waals surface area (Å²) in [5.41, 5.74) is 7.10. The number of hydrogen-bond acceptors (Lipinski definition) is 3. The van der Waals surface area contributed by atoms with E-state index in [0.29, 0.717) is 18.7 Å². The number of nitrogens with zero attached hydrogens (tertiary/aromatic N) is 2. The smallest absolute Gasteiger partial charge is 0.255 e. The van der Waals surface area contributed by atoms with Crippen molar-refractivity contribution in [2.24, 2.45) is 0 Å². The molecule has 1 atom stereocenters. The maximum atomic E-state index is 13.5. The van der Waals surface area contributed by atoms with Crippen LogP contribution in [0.5, 0.6) is 0 Å². The van der Waals surface area contributed by atoms with Gasteiger partial charge in [-0.3, -0.25) is 14.4 Å². The summed E-state index contributed by atoms with van der Waals surface area (Å²) in [7, 11) is 0. The number of benzene rings is 3. The van der Waals surface area contributed by atoms with Crippen LogP contribution in [0.25, 0.3) is 11.1 Å². The van der Waals surface area contributed by atoms with Gasteiger partial charge in [-0.2, -0.15) is 0 Å². The zero-order chi connectivity index (χ0) is 23.8. The summed E-state index contributed by atoms with van der Waals surface area (Å²) >= 11 is 0. The summed E-state index contributed by atoms with van der Waals surface area (Å²) < 4.78 is 0. The molecule has 0 saturated carbocycles. The maximum absolute atomic E-state index is 13.5. The second-order valence-electron chi connectivity index (χ2n) is 9.31. The van der Waals surface area contributed by atoms with Crippen molar-refractivity contribution in [2.75, 3.05) is 13.1 Å². The number of carbonyl (C=O) groups is 3. The van der Waals surface area contributed by atoms with E-state index in [2.05, 4.69) is 25.1 Å². The van der Waals surface area contributed by atoms with E-state index in [4.69, 9.17) is 0 Å². The van der Waals surface area contributed by atoms with Gasteiger partial charge in [-0.1, -0.05) is 60.7 Å². The average Bonchev–Trinajstić information content (AvgIpc) is 3.24. The van der Waals surface area contributed by atoms with Crippen LogP contribution in [0.2, 0.25) is 0 Å². The average molecular weight is 453 g/mol. The number of ketones is 1. The van der Waals surface area contributed by atoms with Crippen molar-refractivity contribution in [3.8, 4) is 11.1 Å². The standard InChI is InChI=1S/C29H28N2O3/c1-19-7-3-6-10-25(19)22-11-12-26(20(2)15-22)28(33)31-18-24(32)16-27(31)29(34)30-14-13-21-8-4-5-9-23(21)17-30/h3-12,15,27H,13-14,16-18H2,1-2H3/t27-/m0/s1. The fourth-order valence-electron chi connectivity index (χ4n) is 5.14. The topological polar surface area (TPSA) is 57.7 Å². The number of hydrogen-bond donors (Lipinski definition) is 0. The van der Waals surface area contributed by atoms with Gasteiger partial charge in [-0.25, -0.2) is 0 Å². The summed E-state index contributed by atoms with van der Waals surface area (Å²) in [4.78, 5) is 42.6. The largest absolute Gasteiger partial charge is 0.336 e. The molecule has 3 aromatic carbocycles. The van der Waals surface area contributed by atoms with Crippen LogP contribution >= 0.6 is 0 Å². The molecule has 2 aliphatic rings. The second kappa shape index (κ2) is 8.90. The van der Waals surface area contributed by atoms with Gasteiger partial charge in [0, 0.05) is 25.1 Å². The van der Waals surface area contributed by atoms with E-state index in [9.17, 15) is 14.4 Å². The summed E-state index contributed by atoms with van der Waals surface area (Å²) in [6.45, 7) is 5.08. The lowest BCUT2D eigenvalue weighted by Gasteiger charge is -2.33. The molecule has 1 saturated heterocycles. The Bertz CT molecular complexity index is 1300. The summed E-state index contributed by atoms with van der Waals surface area (Å²) in [6, 6.07) is 21.3. The van der Waals surface area contributed by atoms with Gasteiger partial charge in [0.2, 0.25) is 5.91 Å². The zero-order valence-electron chi connectivity index (χ0n) is 19.6. The number of Topliss-reactive ketones (excluding diaryl/α,β-unsaturated/α-hetero) is 1. The zero-order valence-corrected chi connectivity index (χ0v) is 19.6. The Labute approximate surface area is 200 Å². The Balaban J connectivity index is 1.38. The SMILES string of the molecule is Cc1cc(-c2ccccc2C)ccc1C(=O)N1CC(=O)C[C@H]1C(=O)N1CCc2ccccc2C1. The minimum absolute atomic E-state index is 0.0152. The predicted octanol–water partition coefficient (Wildman–Crippen LogP) is 4.34. The van der Waals surface area contributed by atoms with Crippen molar-refractivity contribution >= 4 is 17.6 Å². The van der Waals surface area contributed by atoms with Gasteiger partial charge in [-0.05, 0) is 59.7 Å². The predicted molar refractivity (Wildman–Crippen MR) is 131 cm³/mol. The van der Waals surface area contributed by atoms with Crippen LogP contribution in [0.3, 0.4) is 0 Å². The monoisotopic (exact) mass is 452 g/mol. The highest BCUT2D eigenvalue weighted by Crippen LogP contribution is 2.28. The molecule has 2 heterocycles. The molecule has 0 aromatic heterocycles. The molecule has 0 unspecified atom stereocenters. The molecule has 1 fully saturated rings. The first-order chi connectivity index (χ1) is 16.4. The molecule has 5 nitrogen and oxygen atoms in total. The normalized spacial score (nSPS) is 17.6. The summed E-state index contributed by atoms with van der Waals surface area (Å²) in [5, 5.41) is 0. The third kappa shape index (κ3) is 4.03. The molecule has 0 radical (unpaired) electrons. The van der Waals surface area contributed by atoms with E-state index < -0.39 is 6.04 Å². The molecule has 2 aliphatic heterocycles. The molecular weight excluding hydrogens is 424 g/mol. The van der Waals surface area contributed by atoms with Gasteiger partial charge in [0.15, 0.2) is 5.78 Å². The quantitative estimate of drug-likeness (QED) is 0.594. The van der Waals surface area contributed by atoms with Crippen LogP contribution in [-0.4, -0.2) is 46.5 Å². The second-order valence-corrected chi connectivity index (χ2v) is 9.31. The highest BCUT2D eigenvalue weighted by Gasteiger charge is 2.41. The van der Waals surface area contributed by atoms with E-state index in [1.807, 2.05) is 55.5 Å². The Morgan fingerprint density at radius 1 is 0.853 bits per heavy atom. The Morgan fingerprint density at radius 2 is 1.59 bits per heavy atom. The van der Waals surface area contributed by atoms with Crippen LogP contribution < -0.4 is 0 Å². The highest BCUT2D eigenvalue weighted by atomic mass is 16.2. The lowest BCUT2D eigenvalue weighted by Crippen LogP contribution is -2.49. The number of carbonyl (C=O) groups excluding carboxylic acids is 3. The Kier molecular flexibility index (Phi) is 5.78. The molecule has 0 aliphatic carbocycles. The van der Waals surface area contributed by atoms with Gasteiger partial charge in [0.05, 0.1) is 6.54 Å². The third-order valence-corrected chi connectivity index (χ3v) is 7.05.